The zero-order valence-electron chi connectivity index (χ0n) is 18.6. The summed E-state index contributed by atoms with van der Waals surface area (Å²) in [5.41, 5.74) is 0. The number of unbranched alkanes of at least 4 members (excludes halogenated alkanes) is 8. The second-order valence-corrected chi connectivity index (χ2v) is 6.44. The van der Waals surface area contributed by atoms with Gasteiger partial charge < -0.3 is 47.7 Å². The highest BCUT2D eigenvalue weighted by molar-refractivity contribution is 4.46. The molecule has 0 heterocycles. The molecule has 0 aliphatic heterocycles. The number of rotatable bonds is 27. The summed E-state index contributed by atoms with van der Waals surface area (Å²) in [5, 5.41) is 8.34. The SMILES string of the molecule is CCCCCCCCCCCOCOCOCOCOCOCOCOCOCO. The summed E-state index contributed by atoms with van der Waals surface area (Å²) in [6, 6.07) is 0. The fraction of sp³-hybridized carbons (Fsp3) is 1.00. The standard InChI is InChI=1S/C20H42O10/c1-2-3-4-5-6-7-8-9-10-11-22-13-24-15-26-17-28-19-30-20-29-18-27-16-25-14-23-12-21/h21H,2-20H2,1H3. The fourth-order valence-electron chi connectivity index (χ4n) is 2.32. The molecule has 1 N–H and O–H groups in total. The van der Waals surface area contributed by atoms with Crippen molar-refractivity contribution in [3.63, 3.8) is 0 Å². The molecule has 0 amide bonds. The second kappa shape index (κ2) is 28.6. The molecule has 0 saturated carbocycles. The van der Waals surface area contributed by atoms with E-state index in [-0.39, 0.29) is 54.3 Å². The minimum absolute atomic E-state index is 0.00249. The zero-order chi connectivity index (χ0) is 21.8. The van der Waals surface area contributed by atoms with Gasteiger partial charge in [-0.1, -0.05) is 58.3 Å². The van der Waals surface area contributed by atoms with Crippen LogP contribution in [0.1, 0.15) is 64.7 Å². The van der Waals surface area contributed by atoms with E-state index in [9.17, 15) is 0 Å². The molecular formula is C20H42O10. The third-order valence-corrected chi connectivity index (χ3v) is 3.82. The highest BCUT2D eigenvalue weighted by atomic mass is 16.8. The topological polar surface area (TPSA) is 103 Å². The molecule has 10 nitrogen and oxygen atoms in total. The van der Waals surface area contributed by atoms with E-state index < -0.39 is 6.79 Å². The first-order valence-electron chi connectivity index (χ1n) is 10.7. The summed E-state index contributed by atoms with van der Waals surface area (Å²) in [6.45, 7) is 2.92. The summed E-state index contributed by atoms with van der Waals surface area (Å²) >= 11 is 0. The highest BCUT2D eigenvalue weighted by Gasteiger charge is 1.95. The van der Waals surface area contributed by atoms with Crippen molar-refractivity contribution in [3.8, 4) is 0 Å². The van der Waals surface area contributed by atoms with Gasteiger partial charge in [0.1, 0.15) is 13.6 Å². The van der Waals surface area contributed by atoms with Crippen LogP contribution >= 0.6 is 0 Å². The van der Waals surface area contributed by atoms with E-state index in [4.69, 9.17) is 43.0 Å². The Balaban J connectivity index is 2.97. The Kier molecular flexibility index (Phi) is 28.2. The highest BCUT2D eigenvalue weighted by Crippen LogP contribution is 2.09. The molecule has 30 heavy (non-hydrogen) atoms. The van der Waals surface area contributed by atoms with Gasteiger partial charge in [0, 0.05) is 6.61 Å². The van der Waals surface area contributed by atoms with Crippen LogP contribution in [-0.4, -0.2) is 72.8 Å². The molecule has 0 rings (SSSR count). The van der Waals surface area contributed by atoms with Gasteiger partial charge >= 0.3 is 0 Å². The van der Waals surface area contributed by atoms with E-state index in [1.165, 1.54) is 51.4 Å². The first-order valence-corrected chi connectivity index (χ1v) is 10.7. The van der Waals surface area contributed by atoms with Gasteiger partial charge in [0.05, 0.1) is 0 Å². The second-order valence-electron chi connectivity index (χ2n) is 6.44. The van der Waals surface area contributed by atoms with Gasteiger partial charge in [-0.15, -0.1) is 0 Å². The van der Waals surface area contributed by atoms with Gasteiger partial charge in [0.25, 0.3) is 0 Å². The number of aliphatic hydroxyl groups excluding tert-OH is 1. The van der Waals surface area contributed by atoms with Crippen molar-refractivity contribution in [2.75, 3.05) is 67.7 Å². The van der Waals surface area contributed by atoms with E-state index >= 15 is 0 Å². The molecule has 0 aromatic heterocycles. The molecule has 0 radical (unpaired) electrons. The van der Waals surface area contributed by atoms with E-state index in [2.05, 4.69) is 11.7 Å². The Labute approximate surface area is 180 Å². The molecular weight excluding hydrogens is 400 g/mol. The average molecular weight is 443 g/mol. The third-order valence-electron chi connectivity index (χ3n) is 3.82. The van der Waals surface area contributed by atoms with Gasteiger partial charge in [-0.05, 0) is 6.42 Å². The lowest BCUT2D eigenvalue weighted by molar-refractivity contribution is -0.228. The number of hydrogen-bond acceptors (Lipinski definition) is 10. The van der Waals surface area contributed by atoms with Crippen LogP contribution in [0.5, 0.6) is 0 Å². The number of ether oxygens (including phenoxy) is 9. The monoisotopic (exact) mass is 442 g/mol. The lowest BCUT2D eigenvalue weighted by atomic mass is 10.1. The Morgan fingerprint density at radius 1 is 0.400 bits per heavy atom. The van der Waals surface area contributed by atoms with Crippen LogP contribution in [-0.2, 0) is 42.6 Å². The predicted molar refractivity (Wildman–Crippen MR) is 108 cm³/mol. The molecule has 0 saturated heterocycles. The maximum Gasteiger partial charge on any atom is 0.152 e. The Morgan fingerprint density at radius 3 is 1.13 bits per heavy atom. The normalized spacial score (nSPS) is 11.4. The van der Waals surface area contributed by atoms with Crippen molar-refractivity contribution in [1.29, 1.82) is 0 Å². The fourth-order valence-corrected chi connectivity index (χ4v) is 2.32. The van der Waals surface area contributed by atoms with Crippen LogP contribution in [0.25, 0.3) is 0 Å². The largest absolute Gasteiger partial charge is 0.371 e. The molecule has 182 valence electrons. The van der Waals surface area contributed by atoms with Gasteiger partial charge in [-0.3, -0.25) is 0 Å². The third kappa shape index (κ3) is 27.6. The minimum Gasteiger partial charge on any atom is -0.371 e. The lowest BCUT2D eigenvalue weighted by Gasteiger charge is -2.09. The minimum atomic E-state index is -0.395. The molecule has 0 aromatic carbocycles. The van der Waals surface area contributed by atoms with E-state index in [0.717, 1.165) is 6.42 Å². The van der Waals surface area contributed by atoms with Gasteiger partial charge in [0.2, 0.25) is 0 Å². The van der Waals surface area contributed by atoms with Crippen LogP contribution in [0.4, 0.5) is 0 Å². The molecule has 0 atom stereocenters. The summed E-state index contributed by atoms with van der Waals surface area (Å²) in [5.74, 6) is 0. The summed E-state index contributed by atoms with van der Waals surface area (Å²) < 4.78 is 45.1. The van der Waals surface area contributed by atoms with Crippen molar-refractivity contribution in [2.24, 2.45) is 0 Å². The van der Waals surface area contributed by atoms with Crippen LogP contribution in [0.3, 0.4) is 0 Å². The molecule has 0 aromatic rings. The summed E-state index contributed by atoms with van der Waals surface area (Å²) in [7, 11) is 0. The van der Waals surface area contributed by atoms with Crippen molar-refractivity contribution >= 4 is 0 Å². The molecule has 10 heteroatoms. The Morgan fingerprint density at radius 2 is 0.733 bits per heavy atom. The first-order chi connectivity index (χ1) is 14.9. The molecule has 0 aliphatic carbocycles. The van der Waals surface area contributed by atoms with Gasteiger partial charge in [-0.2, -0.15) is 0 Å². The molecule has 0 spiro atoms. The zero-order valence-corrected chi connectivity index (χ0v) is 18.6. The van der Waals surface area contributed by atoms with Crippen molar-refractivity contribution in [1.82, 2.24) is 0 Å². The van der Waals surface area contributed by atoms with E-state index in [1.54, 1.807) is 0 Å². The average Bonchev–Trinajstić information content (AvgIpc) is 2.76. The van der Waals surface area contributed by atoms with Gasteiger partial charge in [-0.25, -0.2) is 0 Å². The first kappa shape index (κ1) is 29.6. The molecule has 0 bridgehead atoms. The van der Waals surface area contributed by atoms with Gasteiger partial charge in [0.15, 0.2) is 47.6 Å². The molecule has 0 fully saturated rings. The summed E-state index contributed by atoms with van der Waals surface area (Å²) in [6.07, 6.45) is 11.7. The van der Waals surface area contributed by atoms with Crippen molar-refractivity contribution < 1.29 is 47.7 Å². The Bertz CT molecular complexity index is 269. The van der Waals surface area contributed by atoms with Crippen molar-refractivity contribution in [3.05, 3.63) is 0 Å². The quantitative estimate of drug-likeness (QED) is 0.151. The van der Waals surface area contributed by atoms with E-state index in [1.807, 2.05) is 0 Å². The molecule has 0 unspecified atom stereocenters. The lowest BCUT2D eigenvalue weighted by Crippen LogP contribution is -2.12. The van der Waals surface area contributed by atoms with Crippen LogP contribution < -0.4 is 0 Å². The van der Waals surface area contributed by atoms with E-state index in [0.29, 0.717) is 6.61 Å². The number of aliphatic hydroxyl groups is 1. The van der Waals surface area contributed by atoms with Crippen LogP contribution in [0.2, 0.25) is 0 Å². The summed E-state index contributed by atoms with van der Waals surface area (Å²) in [4.78, 5) is 0. The smallest absolute Gasteiger partial charge is 0.152 e. The molecule has 0 aliphatic rings. The van der Waals surface area contributed by atoms with Crippen LogP contribution in [0.15, 0.2) is 0 Å². The van der Waals surface area contributed by atoms with Crippen LogP contribution in [0, 0.1) is 0 Å². The predicted octanol–water partition coefficient (Wildman–Crippen LogP) is 3.28. The Hall–Kier alpha value is -0.400. The maximum absolute atomic E-state index is 8.34. The maximum atomic E-state index is 8.34. The van der Waals surface area contributed by atoms with Crippen molar-refractivity contribution in [2.45, 2.75) is 64.7 Å². The number of hydrogen-bond donors (Lipinski definition) is 1.